The third-order valence-electron chi connectivity index (χ3n) is 5.26. The molecule has 1 fully saturated rings. The Morgan fingerprint density at radius 1 is 1.09 bits per heavy atom. The SMILES string of the molecule is COc1ccc(N2CCN(S(=O)(=O)CCNC(=O)/C=C/c3ccc([N+](=O)[O-])cc3)CC2)cc1. The Balaban J connectivity index is 1.43. The topological polar surface area (TPSA) is 122 Å². The molecule has 0 atom stereocenters. The summed E-state index contributed by atoms with van der Waals surface area (Å²) in [4.78, 5) is 24.2. The molecule has 0 bridgehead atoms. The van der Waals surface area contributed by atoms with Gasteiger partial charge in [-0.1, -0.05) is 0 Å². The van der Waals surface area contributed by atoms with Gasteiger partial charge in [0.05, 0.1) is 17.8 Å². The number of carbonyl (C=O) groups is 1. The molecule has 10 nitrogen and oxygen atoms in total. The molecular formula is C22H26N4O6S. The number of non-ortho nitro benzene ring substituents is 1. The summed E-state index contributed by atoms with van der Waals surface area (Å²) in [7, 11) is -1.88. The van der Waals surface area contributed by atoms with Crippen molar-refractivity contribution in [2.24, 2.45) is 0 Å². The van der Waals surface area contributed by atoms with Gasteiger partial charge >= 0.3 is 0 Å². The Kier molecular flexibility index (Phi) is 8.01. The van der Waals surface area contributed by atoms with Gasteiger partial charge in [0.1, 0.15) is 5.75 Å². The zero-order valence-corrected chi connectivity index (χ0v) is 19.0. The van der Waals surface area contributed by atoms with E-state index in [9.17, 15) is 23.3 Å². The van der Waals surface area contributed by atoms with Gasteiger partial charge in [0.15, 0.2) is 0 Å². The minimum atomic E-state index is -3.49. The largest absolute Gasteiger partial charge is 0.497 e. The summed E-state index contributed by atoms with van der Waals surface area (Å²) >= 11 is 0. The van der Waals surface area contributed by atoms with Gasteiger partial charge in [0, 0.05) is 56.6 Å². The lowest BCUT2D eigenvalue weighted by molar-refractivity contribution is -0.384. The quantitative estimate of drug-likeness (QED) is 0.334. The van der Waals surface area contributed by atoms with Crippen molar-refractivity contribution in [3.63, 3.8) is 0 Å². The number of piperazine rings is 1. The Morgan fingerprint density at radius 3 is 2.30 bits per heavy atom. The van der Waals surface area contributed by atoms with E-state index in [0.29, 0.717) is 31.7 Å². The number of hydrogen-bond acceptors (Lipinski definition) is 7. The van der Waals surface area contributed by atoms with Crippen molar-refractivity contribution in [2.75, 3.05) is 50.5 Å². The summed E-state index contributed by atoms with van der Waals surface area (Å²) in [6, 6.07) is 13.4. The van der Waals surface area contributed by atoms with E-state index in [1.165, 1.54) is 40.7 Å². The number of nitrogens with zero attached hydrogens (tertiary/aromatic N) is 3. The summed E-state index contributed by atoms with van der Waals surface area (Å²) < 4.78 is 31.9. The van der Waals surface area contributed by atoms with Crippen LogP contribution in [0, 0.1) is 10.1 Å². The Labute approximate surface area is 192 Å². The lowest BCUT2D eigenvalue weighted by Crippen LogP contribution is -2.50. The van der Waals surface area contributed by atoms with Crippen LogP contribution in [0.5, 0.6) is 5.75 Å². The van der Waals surface area contributed by atoms with Crippen LogP contribution in [-0.4, -0.2) is 69.1 Å². The van der Waals surface area contributed by atoms with Crippen molar-refractivity contribution in [2.45, 2.75) is 0 Å². The second kappa shape index (κ2) is 10.9. The van der Waals surface area contributed by atoms with Crippen LogP contribution in [0.25, 0.3) is 6.08 Å². The molecule has 0 saturated carbocycles. The van der Waals surface area contributed by atoms with E-state index in [1.54, 1.807) is 7.11 Å². The monoisotopic (exact) mass is 474 g/mol. The molecule has 1 aliphatic rings. The Bertz CT molecular complexity index is 1090. The molecule has 2 aromatic carbocycles. The highest BCUT2D eigenvalue weighted by molar-refractivity contribution is 7.89. The van der Waals surface area contributed by atoms with Gasteiger partial charge in [-0.3, -0.25) is 14.9 Å². The summed E-state index contributed by atoms with van der Waals surface area (Å²) in [6.07, 6.45) is 2.77. The van der Waals surface area contributed by atoms with Gasteiger partial charge in [-0.2, -0.15) is 4.31 Å². The average molecular weight is 475 g/mol. The summed E-state index contributed by atoms with van der Waals surface area (Å²) in [5, 5.41) is 13.2. The normalized spacial score (nSPS) is 14.9. The molecule has 1 aliphatic heterocycles. The molecule has 0 unspecified atom stereocenters. The minimum Gasteiger partial charge on any atom is -0.497 e. The smallest absolute Gasteiger partial charge is 0.269 e. The van der Waals surface area contributed by atoms with Gasteiger partial charge in [-0.05, 0) is 48.0 Å². The average Bonchev–Trinajstić information content (AvgIpc) is 2.83. The first-order valence-corrected chi connectivity index (χ1v) is 12.0. The number of carbonyl (C=O) groups excluding carboxylic acids is 1. The molecule has 3 rings (SSSR count). The van der Waals surface area contributed by atoms with Gasteiger partial charge < -0.3 is 15.0 Å². The van der Waals surface area contributed by atoms with Crippen LogP contribution in [0.4, 0.5) is 11.4 Å². The van der Waals surface area contributed by atoms with E-state index < -0.39 is 20.9 Å². The highest BCUT2D eigenvalue weighted by Gasteiger charge is 2.26. The first-order chi connectivity index (χ1) is 15.8. The number of nitro groups is 1. The lowest BCUT2D eigenvalue weighted by Gasteiger charge is -2.35. The number of nitro benzene ring substituents is 1. The van der Waals surface area contributed by atoms with Crippen LogP contribution >= 0.6 is 0 Å². The number of nitrogens with one attached hydrogen (secondary N) is 1. The molecular weight excluding hydrogens is 448 g/mol. The van der Waals surface area contributed by atoms with Crippen LogP contribution < -0.4 is 15.0 Å². The summed E-state index contributed by atoms with van der Waals surface area (Å²) in [5.41, 5.74) is 1.60. The van der Waals surface area contributed by atoms with E-state index in [4.69, 9.17) is 4.74 Å². The number of rotatable bonds is 9. The van der Waals surface area contributed by atoms with Crippen molar-refractivity contribution in [1.82, 2.24) is 9.62 Å². The fraction of sp³-hybridized carbons (Fsp3) is 0.318. The van der Waals surface area contributed by atoms with Crippen LogP contribution in [0.15, 0.2) is 54.6 Å². The second-order valence-electron chi connectivity index (χ2n) is 7.37. The van der Waals surface area contributed by atoms with Crippen LogP contribution in [0.3, 0.4) is 0 Å². The number of sulfonamides is 1. The molecule has 1 heterocycles. The number of benzene rings is 2. The van der Waals surface area contributed by atoms with E-state index in [0.717, 1.165) is 11.4 Å². The molecule has 1 saturated heterocycles. The Morgan fingerprint density at radius 2 is 1.73 bits per heavy atom. The van der Waals surface area contributed by atoms with E-state index >= 15 is 0 Å². The molecule has 11 heteroatoms. The maximum Gasteiger partial charge on any atom is 0.269 e. The number of methoxy groups -OCH3 is 1. The second-order valence-corrected chi connectivity index (χ2v) is 9.46. The maximum absolute atomic E-state index is 12.6. The molecule has 0 aromatic heterocycles. The molecule has 1 amide bonds. The number of anilines is 1. The maximum atomic E-state index is 12.6. The zero-order valence-electron chi connectivity index (χ0n) is 18.2. The van der Waals surface area contributed by atoms with Crippen LogP contribution in [0.2, 0.25) is 0 Å². The van der Waals surface area contributed by atoms with E-state index in [2.05, 4.69) is 10.2 Å². The van der Waals surface area contributed by atoms with Gasteiger partial charge in [0.25, 0.3) is 5.69 Å². The van der Waals surface area contributed by atoms with Crippen molar-refractivity contribution < 1.29 is 22.9 Å². The number of amides is 1. The van der Waals surface area contributed by atoms with Crippen molar-refractivity contribution in [3.8, 4) is 5.75 Å². The first kappa shape index (κ1) is 24.2. The molecule has 0 spiro atoms. The van der Waals surface area contributed by atoms with Gasteiger partial charge in [-0.25, -0.2) is 8.42 Å². The number of ether oxygens (including phenoxy) is 1. The summed E-state index contributed by atoms with van der Waals surface area (Å²) in [6.45, 7) is 1.90. The molecule has 0 radical (unpaired) electrons. The molecule has 0 aliphatic carbocycles. The fourth-order valence-electron chi connectivity index (χ4n) is 3.39. The third kappa shape index (κ3) is 6.77. The van der Waals surface area contributed by atoms with Crippen molar-refractivity contribution in [3.05, 3.63) is 70.3 Å². The van der Waals surface area contributed by atoms with Crippen LogP contribution in [0.1, 0.15) is 5.56 Å². The van der Waals surface area contributed by atoms with Crippen molar-refractivity contribution in [1.29, 1.82) is 0 Å². The standard InChI is InChI=1S/C22H26N4O6S/c1-32-21-9-7-19(8-10-21)24-13-15-25(16-14-24)33(30,31)17-12-23-22(27)11-4-18-2-5-20(6-3-18)26(28)29/h2-11H,12-17H2,1H3,(H,23,27)/b11-4+. The fourth-order valence-corrected chi connectivity index (χ4v) is 4.73. The van der Waals surface area contributed by atoms with Crippen molar-refractivity contribution >= 4 is 33.4 Å². The van der Waals surface area contributed by atoms with E-state index in [1.807, 2.05) is 24.3 Å². The highest BCUT2D eigenvalue weighted by atomic mass is 32.2. The highest BCUT2D eigenvalue weighted by Crippen LogP contribution is 2.21. The zero-order chi connectivity index (χ0) is 23.8. The molecule has 1 N–H and O–H groups in total. The third-order valence-corrected chi connectivity index (χ3v) is 7.13. The van der Waals surface area contributed by atoms with Crippen LogP contribution in [-0.2, 0) is 14.8 Å². The van der Waals surface area contributed by atoms with E-state index in [-0.39, 0.29) is 18.0 Å². The van der Waals surface area contributed by atoms with Gasteiger partial charge in [0.2, 0.25) is 15.9 Å². The predicted octanol–water partition coefficient (Wildman–Crippen LogP) is 1.88. The summed E-state index contributed by atoms with van der Waals surface area (Å²) in [5.74, 6) is 0.143. The predicted molar refractivity (Wildman–Crippen MR) is 126 cm³/mol. The molecule has 176 valence electrons. The first-order valence-electron chi connectivity index (χ1n) is 10.4. The Hall–Kier alpha value is -3.44. The minimum absolute atomic E-state index is 0.00946. The number of hydrogen-bond donors (Lipinski definition) is 1. The molecule has 33 heavy (non-hydrogen) atoms. The molecule has 2 aromatic rings. The lowest BCUT2D eigenvalue weighted by atomic mass is 10.2. The van der Waals surface area contributed by atoms with Gasteiger partial charge in [-0.15, -0.1) is 0 Å².